The summed E-state index contributed by atoms with van der Waals surface area (Å²) < 4.78 is 0. The summed E-state index contributed by atoms with van der Waals surface area (Å²) in [5, 5.41) is 38.1. The molecule has 2 heterocycles. The number of hydrogen-bond donors (Lipinski definition) is 7. The van der Waals surface area contributed by atoms with Crippen LogP contribution in [0.2, 0.25) is 0 Å². The van der Waals surface area contributed by atoms with Gasteiger partial charge in [0.2, 0.25) is 0 Å². The second-order valence-electron chi connectivity index (χ2n) is 14.6. The summed E-state index contributed by atoms with van der Waals surface area (Å²) >= 11 is 0. The highest BCUT2D eigenvalue weighted by molar-refractivity contribution is 5.86. The SMILES string of the molecule is NC1=N[C@H](/C(=C\C(=O)O)[C@H](C[C@H]2CCc3cc4ccc(CC=O)cc4cc3[C@@H]2CCCCCC[C@H](C=O)CCCO)Nc2ccc[nH]2)C[C@H](CO)N1. The summed E-state index contributed by atoms with van der Waals surface area (Å²) in [4.78, 5) is 43.0. The van der Waals surface area contributed by atoms with E-state index in [4.69, 9.17) is 10.8 Å². The normalized spacial score (nSPS) is 21.4. The van der Waals surface area contributed by atoms with Crippen LogP contribution in [0.15, 0.2) is 65.3 Å². The number of benzene rings is 2. The number of anilines is 1. The topological polar surface area (TPSA) is 190 Å². The van der Waals surface area contributed by atoms with Gasteiger partial charge in [0.05, 0.1) is 24.7 Å². The molecule has 3 aromatic rings. The molecule has 52 heavy (non-hydrogen) atoms. The fourth-order valence-electron chi connectivity index (χ4n) is 8.31. The molecule has 0 spiro atoms. The van der Waals surface area contributed by atoms with Gasteiger partial charge >= 0.3 is 5.97 Å². The smallest absolute Gasteiger partial charge is 0.328 e. The maximum Gasteiger partial charge on any atom is 0.328 e. The van der Waals surface area contributed by atoms with Gasteiger partial charge in [0, 0.05) is 31.2 Å². The van der Waals surface area contributed by atoms with Crippen LogP contribution in [0, 0.1) is 11.8 Å². The molecule has 1 aliphatic carbocycles. The highest BCUT2D eigenvalue weighted by Crippen LogP contribution is 2.44. The third kappa shape index (κ3) is 10.5. The summed E-state index contributed by atoms with van der Waals surface area (Å²) in [5.41, 5.74) is 10.4. The van der Waals surface area contributed by atoms with Crippen molar-refractivity contribution >= 4 is 41.1 Å². The van der Waals surface area contributed by atoms with E-state index in [0.29, 0.717) is 31.3 Å². The number of aryl methyl sites for hydroxylation is 1. The first-order valence-electron chi connectivity index (χ1n) is 18.9. The van der Waals surface area contributed by atoms with Gasteiger partial charge in [0.1, 0.15) is 18.4 Å². The number of H-pyrrole nitrogens is 1. The monoisotopic (exact) mass is 713 g/mol. The molecule has 0 radical (unpaired) electrons. The molecule has 0 saturated heterocycles. The number of nitrogens with one attached hydrogen (secondary N) is 3. The molecule has 0 unspecified atom stereocenters. The van der Waals surface area contributed by atoms with E-state index in [1.165, 1.54) is 17.2 Å². The van der Waals surface area contributed by atoms with Crippen molar-refractivity contribution < 1.29 is 29.7 Å². The molecule has 0 bridgehead atoms. The summed E-state index contributed by atoms with van der Waals surface area (Å²) in [6.07, 6.45) is 15.6. The van der Waals surface area contributed by atoms with E-state index in [-0.39, 0.29) is 49.0 Å². The molecule has 11 nitrogen and oxygen atoms in total. The van der Waals surface area contributed by atoms with Gasteiger partial charge in [0.25, 0.3) is 0 Å². The molecule has 280 valence electrons. The standard InChI is InChI=1S/C41H55N5O6/c42-41-44-33(26-50)23-38(46-41)36(24-40(51)52)37(45-39-10-5-16-43-39)22-31-14-13-30-20-29-12-11-27(15-18-48)19-32(29)21-35(30)34(31)9-4-2-1-3-7-28(25-49)8-6-17-47/h5,10-12,16,18-21,24-25,28,31,33-34,37-38,43,45,47,50H,1-4,6-9,13-15,17,22-23,26H2,(H,51,52)(H3,42,44,46)/b36-24-/t28-,31+,33+,34+,37-,38-/m0/s1. The molecular formula is C41H55N5O6. The number of aromatic amines is 1. The minimum atomic E-state index is -1.06. The Labute approximate surface area is 306 Å². The van der Waals surface area contributed by atoms with Gasteiger partial charge in [0.15, 0.2) is 5.96 Å². The number of nitrogens with two attached hydrogens (primary N) is 1. The molecule has 1 aliphatic heterocycles. The number of guanidine groups is 1. The van der Waals surface area contributed by atoms with E-state index < -0.39 is 12.0 Å². The van der Waals surface area contributed by atoms with Gasteiger partial charge in [-0.15, -0.1) is 0 Å². The summed E-state index contributed by atoms with van der Waals surface area (Å²) in [7, 11) is 0. The first-order valence-corrected chi connectivity index (χ1v) is 18.9. The number of carboxylic acid groups (broad SMARTS) is 1. The van der Waals surface area contributed by atoms with Crippen LogP contribution in [0.3, 0.4) is 0 Å². The molecular weight excluding hydrogens is 658 g/mol. The Morgan fingerprint density at radius 2 is 1.87 bits per heavy atom. The van der Waals surface area contributed by atoms with Crippen molar-refractivity contribution in [2.75, 3.05) is 18.5 Å². The van der Waals surface area contributed by atoms with Crippen molar-refractivity contribution in [3.8, 4) is 0 Å². The highest BCUT2D eigenvalue weighted by Gasteiger charge is 2.36. The number of carbonyl (C=O) groups excluding carboxylic acids is 2. The van der Waals surface area contributed by atoms with Crippen LogP contribution >= 0.6 is 0 Å². The van der Waals surface area contributed by atoms with Gasteiger partial charge in [-0.05, 0) is 108 Å². The predicted molar refractivity (Wildman–Crippen MR) is 204 cm³/mol. The van der Waals surface area contributed by atoms with Gasteiger partial charge < -0.3 is 46.3 Å². The molecule has 0 amide bonds. The summed E-state index contributed by atoms with van der Waals surface area (Å²) in [5.74, 6) is 0.354. The zero-order chi connectivity index (χ0) is 36.9. The number of aliphatic hydroxyl groups excluding tert-OH is 2. The fourth-order valence-corrected chi connectivity index (χ4v) is 8.31. The Kier molecular flexibility index (Phi) is 14.4. The molecule has 1 aromatic heterocycles. The lowest BCUT2D eigenvalue weighted by molar-refractivity contribution is -0.131. The van der Waals surface area contributed by atoms with Crippen LogP contribution in [-0.2, 0) is 27.2 Å². The molecule has 0 fully saturated rings. The molecule has 5 rings (SSSR count). The number of fused-ring (bicyclic) bond motifs is 2. The van der Waals surface area contributed by atoms with Gasteiger partial charge in [-0.1, -0.05) is 56.0 Å². The fraction of sp³-hybridized carbons (Fsp3) is 0.512. The zero-order valence-electron chi connectivity index (χ0n) is 30.0. The lowest BCUT2D eigenvalue weighted by Crippen LogP contribution is -2.49. The van der Waals surface area contributed by atoms with Crippen molar-refractivity contribution in [1.82, 2.24) is 10.3 Å². The molecule has 0 saturated carbocycles. The third-order valence-electron chi connectivity index (χ3n) is 10.9. The zero-order valence-corrected chi connectivity index (χ0v) is 30.0. The van der Waals surface area contributed by atoms with Crippen molar-refractivity contribution in [3.05, 3.63) is 77.0 Å². The van der Waals surface area contributed by atoms with E-state index in [2.05, 4.69) is 44.9 Å². The Morgan fingerprint density at radius 1 is 1.04 bits per heavy atom. The van der Waals surface area contributed by atoms with Crippen LogP contribution in [-0.4, -0.2) is 76.1 Å². The predicted octanol–water partition coefficient (Wildman–Crippen LogP) is 5.40. The van der Waals surface area contributed by atoms with Crippen molar-refractivity contribution in [1.29, 1.82) is 0 Å². The Hall–Kier alpha value is -4.48. The third-order valence-corrected chi connectivity index (χ3v) is 10.9. The lowest BCUT2D eigenvalue weighted by Gasteiger charge is -2.38. The van der Waals surface area contributed by atoms with Gasteiger partial charge in [-0.25, -0.2) is 9.79 Å². The molecule has 8 N–H and O–H groups in total. The number of hydrogen-bond acceptors (Lipinski definition) is 9. The van der Waals surface area contributed by atoms with E-state index in [1.807, 2.05) is 24.4 Å². The number of aldehydes is 2. The highest BCUT2D eigenvalue weighted by atomic mass is 16.4. The number of unbranched alkanes of at least 4 members (excludes halogenated alkanes) is 3. The number of aliphatic carboxylic acids is 1. The van der Waals surface area contributed by atoms with E-state index in [0.717, 1.165) is 92.5 Å². The van der Waals surface area contributed by atoms with E-state index in [9.17, 15) is 24.6 Å². The Morgan fingerprint density at radius 3 is 2.60 bits per heavy atom. The number of carbonyl (C=O) groups is 3. The first-order chi connectivity index (χ1) is 25.3. The van der Waals surface area contributed by atoms with E-state index in [1.54, 1.807) is 0 Å². The second-order valence-corrected chi connectivity index (χ2v) is 14.6. The van der Waals surface area contributed by atoms with Crippen LogP contribution in [0.5, 0.6) is 0 Å². The van der Waals surface area contributed by atoms with Crippen molar-refractivity contribution in [2.24, 2.45) is 22.6 Å². The number of rotatable bonds is 21. The van der Waals surface area contributed by atoms with Gasteiger partial charge in [-0.3, -0.25) is 0 Å². The number of aliphatic imine (C=N–C) groups is 1. The minimum absolute atomic E-state index is 0.00332. The average molecular weight is 714 g/mol. The first kappa shape index (κ1) is 38.7. The average Bonchev–Trinajstić information content (AvgIpc) is 3.65. The molecule has 11 heteroatoms. The maximum atomic E-state index is 12.3. The molecule has 6 atom stereocenters. The van der Waals surface area contributed by atoms with Gasteiger partial charge in [-0.2, -0.15) is 0 Å². The second kappa shape index (κ2) is 19.4. The van der Waals surface area contributed by atoms with Crippen LogP contribution < -0.4 is 16.4 Å². The lowest BCUT2D eigenvalue weighted by atomic mass is 9.69. The molecule has 2 aliphatic rings. The van der Waals surface area contributed by atoms with E-state index >= 15 is 0 Å². The van der Waals surface area contributed by atoms with Crippen LogP contribution in [0.4, 0.5) is 5.82 Å². The Balaban J connectivity index is 1.44. The summed E-state index contributed by atoms with van der Waals surface area (Å²) in [6.45, 7) is -0.0381. The largest absolute Gasteiger partial charge is 0.478 e. The van der Waals surface area contributed by atoms with Crippen molar-refractivity contribution in [2.45, 2.75) is 108 Å². The van der Waals surface area contributed by atoms with Crippen LogP contribution in [0.25, 0.3) is 10.8 Å². The molecule has 2 aromatic carbocycles. The minimum Gasteiger partial charge on any atom is -0.478 e. The number of aliphatic hydroxyl groups is 2. The van der Waals surface area contributed by atoms with Crippen molar-refractivity contribution in [3.63, 3.8) is 0 Å². The van der Waals surface area contributed by atoms with Crippen LogP contribution in [0.1, 0.15) is 93.2 Å². The quantitative estimate of drug-likeness (QED) is 0.0430. The number of carboxylic acids is 1. The Bertz CT molecular complexity index is 1690. The number of nitrogens with zero attached hydrogens (tertiary/aromatic N) is 1. The maximum absolute atomic E-state index is 12.3. The number of aromatic nitrogens is 1. The summed E-state index contributed by atoms with van der Waals surface area (Å²) in [6, 6.07) is 13.5.